The lowest BCUT2D eigenvalue weighted by Gasteiger charge is -2.35. The van der Waals surface area contributed by atoms with Crippen LogP contribution in [0.1, 0.15) is 0 Å². The van der Waals surface area contributed by atoms with Gasteiger partial charge < -0.3 is 13.6 Å². The molecule has 0 atom stereocenters. The molecule has 0 fully saturated rings. The molecular weight excluding hydrogens is 721 g/mol. The summed E-state index contributed by atoms with van der Waals surface area (Å²) < 4.78 is 11.5. The van der Waals surface area contributed by atoms with E-state index in [1.807, 2.05) is 6.07 Å². The zero-order valence-electron chi connectivity index (χ0n) is 31.6. The molecule has 0 aliphatic carbocycles. The molecule has 3 nitrogen and oxygen atoms in total. The number of hydrogen-bond acceptors (Lipinski definition) is 1. The van der Waals surface area contributed by atoms with Gasteiger partial charge in [-0.3, -0.25) is 0 Å². The van der Waals surface area contributed by atoms with Crippen molar-refractivity contribution in [2.45, 2.75) is 0 Å². The summed E-state index contributed by atoms with van der Waals surface area (Å²) in [6, 6.07) is 80.3. The third-order valence-corrected chi connectivity index (χ3v) is 17.0. The number of fused-ring (bicyclic) bond motifs is 10. The molecule has 3 aromatic heterocycles. The Hall–Kier alpha value is -7.40. The summed E-state index contributed by atoms with van der Waals surface area (Å²) in [5.74, 6) is 0. The van der Waals surface area contributed by atoms with Crippen LogP contribution in [0.15, 0.2) is 223 Å². The van der Waals surface area contributed by atoms with E-state index >= 15 is 0 Å². The maximum Gasteiger partial charge on any atom is 0.179 e. The van der Waals surface area contributed by atoms with Crippen LogP contribution < -0.4 is 20.7 Å². The van der Waals surface area contributed by atoms with Crippen LogP contribution in [-0.4, -0.2) is 17.2 Å². The van der Waals surface area contributed by atoms with Crippen LogP contribution in [0.3, 0.4) is 0 Å². The second-order valence-electron chi connectivity index (χ2n) is 15.2. The smallest absolute Gasteiger partial charge is 0.179 e. The van der Waals surface area contributed by atoms with Crippen molar-refractivity contribution in [1.29, 1.82) is 0 Å². The highest BCUT2D eigenvalue weighted by atomic mass is 28.3. The lowest BCUT2D eigenvalue weighted by atomic mass is 10.1. The number of aromatic nitrogens is 2. The molecule has 0 saturated heterocycles. The van der Waals surface area contributed by atoms with E-state index in [4.69, 9.17) is 4.42 Å². The summed E-state index contributed by atoms with van der Waals surface area (Å²) in [5, 5.41) is 12.5. The van der Waals surface area contributed by atoms with Crippen molar-refractivity contribution in [1.82, 2.24) is 9.13 Å². The second kappa shape index (κ2) is 12.8. The van der Waals surface area contributed by atoms with Gasteiger partial charge in [0.1, 0.15) is 11.2 Å². The summed E-state index contributed by atoms with van der Waals surface area (Å²) in [4.78, 5) is 0. The highest BCUT2D eigenvalue weighted by molar-refractivity contribution is 7.19. The van der Waals surface area contributed by atoms with E-state index in [9.17, 15) is 0 Å². The Bertz CT molecular complexity index is 3410. The molecule has 12 rings (SSSR count). The first-order chi connectivity index (χ1) is 28.8. The largest absolute Gasteiger partial charge is 0.455 e. The van der Waals surface area contributed by atoms with Crippen LogP contribution in [0.2, 0.25) is 0 Å². The van der Waals surface area contributed by atoms with E-state index in [0.717, 1.165) is 49.7 Å². The van der Waals surface area contributed by atoms with Gasteiger partial charge in [0.05, 0.1) is 27.5 Å². The molecule has 4 heteroatoms. The van der Waals surface area contributed by atoms with Crippen LogP contribution >= 0.6 is 0 Å². The minimum Gasteiger partial charge on any atom is -0.455 e. The third kappa shape index (κ3) is 4.67. The number of para-hydroxylation sites is 4. The van der Waals surface area contributed by atoms with Crippen molar-refractivity contribution in [2.75, 3.05) is 0 Å². The molecule has 58 heavy (non-hydrogen) atoms. The van der Waals surface area contributed by atoms with Crippen LogP contribution in [0.25, 0.3) is 76.9 Å². The summed E-state index contributed by atoms with van der Waals surface area (Å²) in [7, 11) is -2.90. The predicted octanol–water partition coefficient (Wildman–Crippen LogP) is 11.2. The number of rotatable bonds is 6. The quantitative estimate of drug-likeness (QED) is 0.122. The second-order valence-corrected chi connectivity index (χ2v) is 19.0. The molecule has 272 valence electrons. The number of benzene rings is 9. The predicted molar refractivity (Wildman–Crippen MR) is 246 cm³/mol. The standard InChI is InChI=1S/C54H36N2OSi/c1-3-17-39(18-4-1)58(40-19-5-2-6-20-40,41-32-30-37(31-33-41)55-48-26-11-7-22-43(48)44-23-8-12-27-49(44)55)42-21-15-16-38(36-42)56-50-28-13-9-25-47(50)53-51(56)35-34-46-45-24-10-14-29-52(45)57-54(46)53/h1-36H. The van der Waals surface area contributed by atoms with E-state index in [1.54, 1.807) is 0 Å². The molecule has 0 bridgehead atoms. The molecule has 0 N–H and O–H groups in total. The Morgan fingerprint density at radius 3 is 1.47 bits per heavy atom. The van der Waals surface area contributed by atoms with Crippen LogP contribution in [0.5, 0.6) is 0 Å². The van der Waals surface area contributed by atoms with Gasteiger partial charge in [-0.15, -0.1) is 0 Å². The monoisotopic (exact) mass is 756 g/mol. The van der Waals surface area contributed by atoms with E-state index < -0.39 is 8.07 Å². The number of hydrogen-bond donors (Lipinski definition) is 0. The van der Waals surface area contributed by atoms with Gasteiger partial charge in [-0.2, -0.15) is 0 Å². The summed E-state index contributed by atoms with van der Waals surface area (Å²) >= 11 is 0. The fourth-order valence-corrected chi connectivity index (χ4v) is 14.6. The lowest BCUT2D eigenvalue weighted by molar-refractivity contribution is 0.673. The van der Waals surface area contributed by atoms with Crippen molar-refractivity contribution in [3.8, 4) is 11.4 Å². The third-order valence-electron chi connectivity index (χ3n) is 12.3. The molecule has 9 aromatic carbocycles. The molecule has 0 radical (unpaired) electrons. The van der Waals surface area contributed by atoms with Crippen LogP contribution in [-0.2, 0) is 0 Å². The Morgan fingerprint density at radius 1 is 0.310 bits per heavy atom. The fourth-order valence-electron chi connectivity index (χ4n) is 9.83. The molecule has 0 amide bonds. The van der Waals surface area contributed by atoms with Gasteiger partial charge in [-0.25, -0.2) is 0 Å². The van der Waals surface area contributed by atoms with Crippen molar-refractivity contribution < 1.29 is 4.42 Å². The molecule has 0 aliphatic heterocycles. The van der Waals surface area contributed by atoms with Crippen LogP contribution in [0.4, 0.5) is 0 Å². The molecular formula is C54H36N2OSi. The maximum absolute atomic E-state index is 6.65. The Labute approximate surface area is 336 Å². The van der Waals surface area contributed by atoms with E-state index in [2.05, 4.69) is 221 Å². The summed E-state index contributed by atoms with van der Waals surface area (Å²) in [6.45, 7) is 0. The average Bonchev–Trinajstić information content (AvgIpc) is 3.96. The highest BCUT2D eigenvalue weighted by Crippen LogP contribution is 2.40. The van der Waals surface area contributed by atoms with E-state index in [-0.39, 0.29) is 0 Å². The first kappa shape index (κ1) is 32.8. The fraction of sp³-hybridized carbons (Fsp3) is 0. The van der Waals surface area contributed by atoms with E-state index in [0.29, 0.717) is 0 Å². The van der Waals surface area contributed by atoms with Crippen molar-refractivity contribution in [3.05, 3.63) is 218 Å². The van der Waals surface area contributed by atoms with Gasteiger partial charge >= 0.3 is 0 Å². The number of furan rings is 1. The minimum atomic E-state index is -2.90. The van der Waals surface area contributed by atoms with Crippen molar-refractivity contribution in [2.24, 2.45) is 0 Å². The molecule has 0 aliphatic rings. The average molecular weight is 757 g/mol. The Balaban J connectivity index is 1.11. The zero-order chi connectivity index (χ0) is 38.2. The SMILES string of the molecule is c1ccc([Si](c2ccccc2)(c2ccc(-n3c4ccccc4c4ccccc43)cc2)c2cccc(-n3c4ccccc4c4c5oc6ccccc6c5ccc43)c2)cc1. The molecule has 3 heterocycles. The molecule has 0 saturated carbocycles. The Morgan fingerprint density at radius 2 is 0.810 bits per heavy atom. The maximum atomic E-state index is 6.65. The minimum absolute atomic E-state index is 0.912. The first-order valence-electron chi connectivity index (χ1n) is 19.9. The highest BCUT2D eigenvalue weighted by Gasteiger charge is 2.41. The van der Waals surface area contributed by atoms with Crippen molar-refractivity contribution >= 4 is 94.4 Å². The molecule has 0 spiro atoms. The van der Waals surface area contributed by atoms with Gasteiger partial charge in [-0.05, 0) is 81.4 Å². The van der Waals surface area contributed by atoms with Gasteiger partial charge in [0.2, 0.25) is 0 Å². The zero-order valence-corrected chi connectivity index (χ0v) is 32.6. The normalized spacial score (nSPS) is 12.1. The van der Waals surface area contributed by atoms with Gasteiger partial charge in [0, 0.05) is 38.3 Å². The van der Waals surface area contributed by atoms with Gasteiger partial charge in [0.15, 0.2) is 8.07 Å². The van der Waals surface area contributed by atoms with Crippen molar-refractivity contribution in [3.63, 3.8) is 0 Å². The van der Waals surface area contributed by atoms with Gasteiger partial charge in [-0.1, -0.05) is 158 Å². The summed E-state index contributed by atoms with van der Waals surface area (Å²) in [5.41, 5.74) is 8.84. The van der Waals surface area contributed by atoms with Crippen LogP contribution in [0, 0.1) is 0 Å². The number of nitrogens with zero attached hydrogens (tertiary/aromatic N) is 2. The lowest BCUT2D eigenvalue weighted by Crippen LogP contribution is -2.74. The topological polar surface area (TPSA) is 23.0 Å². The Kier molecular flexibility index (Phi) is 7.25. The summed E-state index contributed by atoms with van der Waals surface area (Å²) in [6.07, 6.45) is 0. The van der Waals surface area contributed by atoms with E-state index in [1.165, 1.54) is 47.9 Å². The molecule has 12 aromatic rings. The van der Waals surface area contributed by atoms with Gasteiger partial charge in [0.25, 0.3) is 0 Å². The first-order valence-corrected chi connectivity index (χ1v) is 21.9. The molecule has 0 unspecified atom stereocenters.